The van der Waals surface area contributed by atoms with E-state index >= 15 is 0 Å². The van der Waals surface area contributed by atoms with Gasteiger partial charge in [-0.1, -0.05) is 12.1 Å². The van der Waals surface area contributed by atoms with Crippen LogP contribution in [0.1, 0.15) is 31.2 Å². The molecular weight excluding hydrogens is 321 g/mol. The van der Waals surface area contributed by atoms with Gasteiger partial charge in [-0.25, -0.2) is 4.39 Å². The quantitative estimate of drug-likeness (QED) is 0.879. The molecule has 2 saturated heterocycles. The normalized spacial score (nSPS) is 22.3. The second-order valence-corrected chi connectivity index (χ2v) is 7.15. The van der Waals surface area contributed by atoms with Gasteiger partial charge in [0.1, 0.15) is 5.82 Å². The van der Waals surface area contributed by atoms with E-state index in [1.54, 1.807) is 0 Å². The van der Waals surface area contributed by atoms with Crippen molar-refractivity contribution in [1.29, 1.82) is 0 Å². The summed E-state index contributed by atoms with van der Waals surface area (Å²) in [6.45, 7) is 2.58. The van der Waals surface area contributed by atoms with Gasteiger partial charge in [-0.05, 0) is 56.3 Å². The van der Waals surface area contributed by atoms with Gasteiger partial charge in [0.25, 0.3) is 0 Å². The molecule has 1 unspecified atom stereocenters. The van der Waals surface area contributed by atoms with Crippen molar-refractivity contribution in [3.8, 4) is 0 Å². The number of rotatable bonds is 5. The number of amides is 2. The lowest BCUT2D eigenvalue weighted by Crippen LogP contribution is -2.47. The maximum absolute atomic E-state index is 13.0. The van der Waals surface area contributed by atoms with Gasteiger partial charge in [0.2, 0.25) is 11.8 Å². The van der Waals surface area contributed by atoms with Crippen molar-refractivity contribution in [2.45, 2.75) is 38.1 Å². The number of likely N-dealkylation sites (tertiary alicyclic amines) is 2. The van der Waals surface area contributed by atoms with Crippen molar-refractivity contribution in [1.82, 2.24) is 9.80 Å². The second kappa shape index (κ2) is 7.95. The zero-order valence-corrected chi connectivity index (χ0v) is 14.5. The Kier molecular flexibility index (Phi) is 5.68. The van der Waals surface area contributed by atoms with Gasteiger partial charge in [0.05, 0.1) is 6.54 Å². The number of primary amides is 1. The first-order chi connectivity index (χ1) is 12.0. The Hall–Kier alpha value is -1.95. The molecule has 2 N–H and O–H groups in total. The summed E-state index contributed by atoms with van der Waals surface area (Å²) in [6, 6.07) is 6.95. The van der Waals surface area contributed by atoms with Crippen LogP contribution in [-0.4, -0.2) is 53.8 Å². The number of nitrogens with two attached hydrogens (primary N) is 1. The number of hydrogen-bond acceptors (Lipinski definition) is 3. The van der Waals surface area contributed by atoms with Crippen molar-refractivity contribution < 1.29 is 14.0 Å². The van der Waals surface area contributed by atoms with Gasteiger partial charge in [-0.15, -0.1) is 0 Å². The lowest BCUT2D eigenvalue weighted by molar-refractivity contribution is -0.136. The Morgan fingerprint density at radius 1 is 1.08 bits per heavy atom. The highest BCUT2D eigenvalue weighted by molar-refractivity contribution is 5.80. The molecule has 5 nitrogen and oxygen atoms in total. The summed E-state index contributed by atoms with van der Waals surface area (Å²) < 4.78 is 13.0. The van der Waals surface area contributed by atoms with Crippen LogP contribution < -0.4 is 5.73 Å². The molecule has 136 valence electrons. The summed E-state index contributed by atoms with van der Waals surface area (Å²) in [5.74, 6) is -0.441. The summed E-state index contributed by atoms with van der Waals surface area (Å²) in [5.41, 5.74) is 6.45. The summed E-state index contributed by atoms with van der Waals surface area (Å²) in [5, 5.41) is 0. The molecule has 2 aliphatic rings. The maximum atomic E-state index is 13.0. The number of benzene rings is 1. The van der Waals surface area contributed by atoms with Gasteiger partial charge in [-0.3, -0.25) is 14.5 Å². The molecule has 2 aliphatic heterocycles. The van der Waals surface area contributed by atoms with Crippen LogP contribution in [-0.2, 0) is 16.0 Å². The maximum Gasteiger partial charge on any atom is 0.236 e. The van der Waals surface area contributed by atoms with Crippen LogP contribution in [0.25, 0.3) is 0 Å². The van der Waals surface area contributed by atoms with Crippen molar-refractivity contribution in [2.75, 3.05) is 26.2 Å². The minimum absolute atomic E-state index is 0.0953. The molecule has 1 aromatic carbocycles. The first kappa shape index (κ1) is 17.9. The predicted octanol–water partition coefficient (Wildman–Crippen LogP) is 1.56. The Bertz CT molecular complexity index is 612. The molecule has 0 aliphatic carbocycles. The van der Waals surface area contributed by atoms with E-state index < -0.39 is 0 Å². The largest absolute Gasteiger partial charge is 0.369 e. The van der Waals surface area contributed by atoms with Crippen molar-refractivity contribution in [3.05, 3.63) is 35.6 Å². The van der Waals surface area contributed by atoms with E-state index in [0.29, 0.717) is 38.5 Å². The molecular formula is C19H26FN3O2. The third kappa shape index (κ3) is 4.57. The number of hydrogen-bond donors (Lipinski definition) is 1. The number of carbonyl (C=O) groups is 2. The molecule has 2 fully saturated rings. The van der Waals surface area contributed by atoms with E-state index in [1.807, 2.05) is 17.0 Å². The van der Waals surface area contributed by atoms with Crippen LogP contribution >= 0.6 is 0 Å². The fourth-order valence-corrected chi connectivity index (χ4v) is 3.91. The zero-order valence-electron chi connectivity index (χ0n) is 14.5. The number of carbonyl (C=O) groups excluding carboxylic acids is 2. The van der Waals surface area contributed by atoms with Gasteiger partial charge >= 0.3 is 0 Å². The van der Waals surface area contributed by atoms with E-state index in [2.05, 4.69) is 4.90 Å². The summed E-state index contributed by atoms with van der Waals surface area (Å²) >= 11 is 0. The van der Waals surface area contributed by atoms with Gasteiger partial charge in [-0.2, -0.15) is 0 Å². The van der Waals surface area contributed by atoms with E-state index in [1.165, 1.54) is 12.1 Å². The number of halogens is 1. The average molecular weight is 347 g/mol. The van der Waals surface area contributed by atoms with E-state index in [0.717, 1.165) is 31.4 Å². The second-order valence-electron chi connectivity index (χ2n) is 7.15. The first-order valence-electron chi connectivity index (χ1n) is 9.08. The fourth-order valence-electron chi connectivity index (χ4n) is 3.91. The minimum Gasteiger partial charge on any atom is -0.369 e. The van der Waals surface area contributed by atoms with E-state index in [4.69, 9.17) is 5.73 Å². The predicted molar refractivity (Wildman–Crippen MR) is 93.2 cm³/mol. The zero-order chi connectivity index (χ0) is 17.8. The number of nitrogens with zero attached hydrogens (tertiary/aromatic N) is 2. The first-order valence-corrected chi connectivity index (χ1v) is 9.08. The minimum atomic E-state index is -0.258. The standard InChI is InChI=1S/C19H26FN3O2/c20-16-5-3-14(4-6-16)12-17-2-1-9-23(17)13-18(24)22-10-7-15(8-11-22)19(21)25/h3-6,15,17H,1-2,7-13H2,(H2,21,25). The van der Waals surface area contributed by atoms with Gasteiger partial charge in [0.15, 0.2) is 0 Å². The van der Waals surface area contributed by atoms with Crippen LogP contribution in [0.3, 0.4) is 0 Å². The third-order valence-electron chi connectivity index (χ3n) is 5.47. The summed E-state index contributed by atoms with van der Waals surface area (Å²) in [7, 11) is 0. The molecule has 2 heterocycles. The third-order valence-corrected chi connectivity index (χ3v) is 5.47. The molecule has 3 rings (SSSR count). The van der Waals surface area contributed by atoms with Crippen molar-refractivity contribution >= 4 is 11.8 Å². The molecule has 0 aromatic heterocycles. The Morgan fingerprint density at radius 2 is 1.76 bits per heavy atom. The highest BCUT2D eigenvalue weighted by atomic mass is 19.1. The molecule has 1 atom stereocenters. The van der Waals surface area contributed by atoms with Crippen molar-refractivity contribution in [2.24, 2.45) is 11.7 Å². The highest BCUT2D eigenvalue weighted by Crippen LogP contribution is 2.22. The summed E-state index contributed by atoms with van der Waals surface area (Å²) in [6.07, 6.45) is 4.33. The summed E-state index contributed by atoms with van der Waals surface area (Å²) in [4.78, 5) is 27.9. The van der Waals surface area contributed by atoms with Gasteiger partial charge < -0.3 is 10.6 Å². The number of piperidine rings is 1. The SMILES string of the molecule is NC(=O)C1CCN(C(=O)CN2CCCC2Cc2ccc(F)cc2)CC1. The molecule has 2 amide bonds. The Labute approximate surface area is 148 Å². The van der Waals surface area contributed by atoms with E-state index in [-0.39, 0.29) is 23.5 Å². The molecule has 0 spiro atoms. The van der Waals surface area contributed by atoms with Crippen LogP contribution in [0.4, 0.5) is 4.39 Å². The molecule has 0 bridgehead atoms. The Balaban J connectivity index is 1.52. The lowest BCUT2D eigenvalue weighted by Gasteiger charge is -2.33. The smallest absolute Gasteiger partial charge is 0.236 e. The lowest BCUT2D eigenvalue weighted by atomic mass is 9.96. The topological polar surface area (TPSA) is 66.6 Å². The van der Waals surface area contributed by atoms with Gasteiger partial charge in [0, 0.05) is 25.0 Å². The molecule has 0 radical (unpaired) electrons. The molecule has 0 saturated carbocycles. The fraction of sp³-hybridized carbons (Fsp3) is 0.579. The average Bonchev–Trinajstić information content (AvgIpc) is 3.03. The van der Waals surface area contributed by atoms with Crippen LogP contribution in [0, 0.1) is 11.7 Å². The van der Waals surface area contributed by atoms with Crippen LogP contribution in [0.5, 0.6) is 0 Å². The molecule has 25 heavy (non-hydrogen) atoms. The monoisotopic (exact) mass is 347 g/mol. The van der Waals surface area contributed by atoms with E-state index in [9.17, 15) is 14.0 Å². The van der Waals surface area contributed by atoms with Crippen LogP contribution in [0.15, 0.2) is 24.3 Å². The highest BCUT2D eigenvalue weighted by Gasteiger charge is 2.30. The van der Waals surface area contributed by atoms with Crippen molar-refractivity contribution in [3.63, 3.8) is 0 Å². The molecule has 6 heteroatoms. The van der Waals surface area contributed by atoms with Crippen LogP contribution in [0.2, 0.25) is 0 Å². The molecule has 1 aromatic rings. The Morgan fingerprint density at radius 3 is 2.40 bits per heavy atom.